The van der Waals surface area contributed by atoms with Crippen molar-refractivity contribution in [3.8, 4) is 0 Å². The molecule has 25 heavy (non-hydrogen) atoms. The molecule has 1 heterocycles. The van der Waals surface area contributed by atoms with Gasteiger partial charge in [0.15, 0.2) is 5.92 Å². The number of hydrogen-bond donors (Lipinski definition) is 2. The molecule has 0 saturated heterocycles. The number of carbonyl (C=O) groups excluding carboxylic acids is 3. The van der Waals surface area contributed by atoms with E-state index in [9.17, 15) is 14.4 Å². The van der Waals surface area contributed by atoms with E-state index >= 15 is 0 Å². The van der Waals surface area contributed by atoms with E-state index in [0.29, 0.717) is 16.4 Å². The highest BCUT2D eigenvalue weighted by Crippen LogP contribution is 2.23. The van der Waals surface area contributed by atoms with Gasteiger partial charge in [-0.15, -0.1) is 0 Å². The molecule has 0 spiro atoms. The molecule has 126 valence electrons. The van der Waals surface area contributed by atoms with E-state index in [2.05, 4.69) is 10.4 Å². The van der Waals surface area contributed by atoms with Crippen LogP contribution in [0.1, 0.15) is 0 Å². The molecular formula is C17H13ClN4O3. The first-order valence-electron chi connectivity index (χ1n) is 7.31. The van der Waals surface area contributed by atoms with Crippen LogP contribution >= 0.6 is 11.6 Å². The Morgan fingerprint density at radius 2 is 1.84 bits per heavy atom. The topological polar surface area (TPSA) is 105 Å². The molecular weight excluding hydrogens is 344 g/mol. The number of carbonyl (C=O) groups is 3. The van der Waals surface area contributed by atoms with Crippen LogP contribution in [0.15, 0.2) is 59.7 Å². The van der Waals surface area contributed by atoms with Crippen LogP contribution in [0.2, 0.25) is 5.02 Å². The van der Waals surface area contributed by atoms with Crippen molar-refractivity contribution in [1.82, 2.24) is 0 Å². The van der Waals surface area contributed by atoms with Crippen LogP contribution < -0.4 is 16.1 Å². The highest BCUT2D eigenvalue weighted by Gasteiger charge is 2.43. The molecule has 0 fully saturated rings. The zero-order chi connectivity index (χ0) is 18.0. The number of amides is 2. The molecule has 0 aliphatic carbocycles. The molecule has 2 aromatic rings. The summed E-state index contributed by atoms with van der Waals surface area (Å²) in [7, 11) is 0. The van der Waals surface area contributed by atoms with E-state index in [0.717, 1.165) is 5.01 Å². The van der Waals surface area contributed by atoms with Gasteiger partial charge in [-0.05, 0) is 30.3 Å². The Balaban J connectivity index is 1.77. The van der Waals surface area contributed by atoms with Gasteiger partial charge in [0.2, 0.25) is 5.78 Å². The average Bonchev–Trinajstić information content (AvgIpc) is 2.89. The standard InChI is InChI=1S/C17H13ClN4O3/c18-10-5-4-6-11(9-10)20-16(24)14(23)13-15(19)21-22(17(13)25)12-7-2-1-3-8-12/h1-9,13H,(H2,19,21)(H,20,24)/t13-/m1/s1. The molecule has 8 heteroatoms. The van der Waals surface area contributed by atoms with Crippen LogP contribution in [0.25, 0.3) is 0 Å². The van der Waals surface area contributed by atoms with E-state index in [1.165, 1.54) is 6.07 Å². The summed E-state index contributed by atoms with van der Waals surface area (Å²) in [6, 6.07) is 14.8. The number of hydrazone groups is 1. The SMILES string of the molecule is NC1=NN(c2ccccc2)C(=O)[C@@H]1C(=O)C(=O)Nc1cccc(Cl)c1. The maximum absolute atomic E-state index is 12.5. The predicted molar refractivity (Wildman–Crippen MR) is 94.1 cm³/mol. The van der Waals surface area contributed by atoms with Crippen molar-refractivity contribution in [2.75, 3.05) is 10.3 Å². The summed E-state index contributed by atoms with van der Waals surface area (Å²) in [6.45, 7) is 0. The van der Waals surface area contributed by atoms with E-state index in [-0.39, 0.29) is 5.84 Å². The Morgan fingerprint density at radius 1 is 1.12 bits per heavy atom. The van der Waals surface area contributed by atoms with Gasteiger partial charge in [-0.2, -0.15) is 10.1 Å². The molecule has 3 rings (SSSR count). The van der Waals surface area contributed by atoms with Gasteiger partial charge in [-0.25, -0.2) is 0 Å². The Labute approximate surface area is 148 Å². The highest BCUT2D eigenvalue weighted by atomic mass is 35.5. The van der Waals surface area contributed by atoms with Crippen molar-refractivity contribution in [3.63, 3.8) is 0 Å². The van der Waals surface area contributed by atoms with E-state index in [4.69, 9.17) is 17.3 Å². The highest BCUT2D eigenvalue weighted by molar-refractivity contribution is 6.50. The summed E-state index contributed by atoms with van der Waals surface area (Å²) in [6.07, 6.45) is 0. The van der Waals surface area contributed by atoms with Gasteiger partial charge in [0.25, 0.3) is 11.8 Å². The normalized spacial score (nSPS) is 16.5. The lowest BCUT2D eigenvalue weighted by Crippen LogP contribution is -2.41. The minimum Gasteiger partial charge on any atom is -0.385 e. The summed E-state index contributed by atoms with van der Waals surface area (Å²) in [5, 5.41) is 7.72. The molecule has 0 radical (unpaired) electrons. The fraction of sp³-hybridized carbons (Fsp3) is 0.0588. The third-order valence-corrected chi connectivity index (χ3v) is 3.77. The van der Waals surface area contributed by atoms with Crippen LogP contribution in [-0.4, -0.2) is 23.4 Å². The molecule has 7 nitrogen and oxygen atoms in total. The first-order valence-corrected chi connectivity index (χ1v) is 7.69. The third-order valence-electron chi connectivity index (χ3n) is 3.54. The number of halogens is 1. The number of ketones is 1. The molecule has 1 atom stereocenters. The van der Waals surface area contributed by atoms with Gasteiger partial charge in [0.05, 0.1) is 5.69 Å². The Kier molecular flexibility index (Phi) is 4.49. The number of amidine groups is 1. The zero-order valence-electron chi connectivity index (χ0n) is 12.8. The van der Waals surface area contributed by atoms with Gasteiger partial charge in [-0.1, -0.05) is 35.9 Å². The minimum absolute atomic E-state index is 0.222. The molecule has 3 N–H and O–H groups in total. The first kappa shape index (κ1) is 16.7. The van der Waals surface area contributed by atoms with Gasteiger partial charge >= 0.3 is 0 Å². The number of anilines is 2. The van der Waals surface area contributed by atoms with E-state index in [1.54, 1.807) is 48.5 Å². The molecule has 2 amide bonds. The van der Waals surface area contributed by atoms with Gasteiger partial charge in [-0.3, -0.25) is 14.4 Å². The second-order valence-corrected chi connectivity index (χ2v) is 5.71. The van der Waals surface area contributed by atoms with Crippen molar-refractivity contribution < 1.29 is 14.4 Å². The van der Waals surface area contributed by atoms with Crippen molar-refractivity contribution in [3.05, 3.63) is 59.6 Å². The summed E-state index contributed by atoms with van der Waals surface area (Å²) in [5.74, 6) is -4.28. The molecule has 1 aliphatic heterocycles. The fourth-order valence-electron chi connectivity index (χ4n) is 2.36. The molecule has 0 aromatic heterocycles. The van der Waals surface area contributed by atoms with Crippen LogP contribution in [0.5, 0.6) is 0 Å². The van der Waals surface area contributed by atoms with Gasteiger partial charge < -0.3 is 11.1 Å². The number of hydrogen-bond acceptors (Lipinski definition) is 5. The van der Waals surface area contributed by atoms with Crippen LogP contribution in [0.4, 0.5) is 11.4 Å². The molecule has 0 saturated carbocycles. The van der Waals surface area contributed by atoms with E-state index in [1.807, 2.05) is 0 Å². The number of Topliss-reactive ketones (excluding diaryl/α,β-unsaturated/α-hetero) is 1. The van der Waals surface area contributed by atoms with Crippen molar-refractivity contribution in [2.45, 2.75) is 0 Å². The second-order valence-electron chi connectivity index (χ2n) is 5.27. The summed E-state index contributed by atoms with van der Waals surface area (Å²) in [5.41, 5.74) is 6.52. The number of nitrogens with one attached hydrogen (secondary N) is 1. The van der Waals surface area contributed by atoms with Crippen LogP contribution in [0, 0.1) is 5.92 Å². The lowest BCUT2D eigenvalue weighted by atomic mass is 10.0. The molecule has 1 aliphatic rings. The minimum atomic E-state index is -1.45. The summed E-state index contributed by atoms with van der Waals surface area (Å²) < 4.78 is 0. The number of rotatable bonds is 4. The summed E-state index contributed by atoms with van der Waals surface area (Å²) in [4.78, 5) is 37.0. The van der Waals surface area contributed by atoms with Crippen molar-refractivity contribution >= 4 is 46.4 Å². The first-order chi connectivity index (χ1) is 12.0. The molecule has 0 bridgehead atoms. The number of nitrogens with two attached hydrogens (primary N) is 1. The zero-order valence-corrected chi connectivity index (χ0v) is 13.6. The average molecular weight is 357 g/mol. The van der Waals surface area contributed by atoms with Crippen molar-refractivity contribution in [1.29, 1.82) is 0 Å². The maximum atomic E-state index is 12.5. The van der Waals surface area contributed by atoms with Crippen molar-refractivity contribution in [2.24, 2.45) is 16.8 Å². The second kappa shape index (κ2) is 6.74. The predicted octanol–water partition coefficient (Wildman–Crippen LogP) is 1.78. The van der Waals surface area contributed by atoms with Crippen LogP contribution in [0.3, 0.4) is 0 Å². The lowest BCUT2D eigenvalue weighted by Gasteiger charge is -2.13. The number of nitrogens with zero attached hydrogens (tertiary/aromatic N) is 2. The number of para-hydroxylation sites is 1. The third kappa shape index (κ3) is 3.36. The smallest absolute Gasteiger partial charge is 0.293 e. The fourth-order valence-corrected chi connectivity index (χ4v) is 2.55. The monoisotopic (exact) mass is 356 g/mol. The van der Waals surface area contributed by atoms with Crippen LogP contribution in [-0.2, 0) is 14.4 Å². The van der Waals surface area contributed by atoms with E-state index < -0.39 is 23.5 Å². The lowest BCUT2D eigenvalue weighted by molar-refractivity contribution is -0.138. The Morgan fingerprint density at radius 3 is 2.52 bits per heavy atom. The Bertz CT molecular complexity index is 882. The maximum Gasteiger partial charge on any atom is 0.293 e. The molecule has 2 aromatic carbocycles. The largest absolute Gasteiger partial charge is 0.385 e. The molecule has 0 unspecified atom stereocenters. The Hall–Kier alpha value is -3.19. The quantitative estimate of drug-likeness (QED) is 0.643. The summed E-state index contributed by atoms with van der Waals surface area (Å²) >= 11 is 5.83. The van der Waals surface area contributed by atoms with Gasteiger partial charge in [0, 0.05) is 10.7 Å². The number of benzene rings is 2. The van der Waals surface area contributed by atoms with Gasteiger partial charge in [0.1, 0.15) is 5.84 Å².